The van der Waals surface area contributed by atoms with Crippen molar-refractivity contribution in [2.24, 2.45) is 5.92 Å². The molecule has 1 aliphatic heterocycles. The molecule has 1 N–H and O–H groups in total. The van der Waals surface area contributed by atoms with E-state index < -0.39 is 0 Å². The van der Waals surface area contributed by atoms with Crippen LogP contribution in [-0.2, 0) is 10.5 Å². The molecule has 2 heterocycles. The van der Waals surface area contributed by atoms with Crippen LogP contribution < -0.4 is 5.32 Å². The predicted octanol–water partition coefficient (Wildman–Crippen LogP) is 2.76. The fourth-order valence-electron chi connectivity index (χ4n) is 3.21. The maximum atomic E-state index is 12.7. The maximum absolute atomic E-state index is 12.7. The molecule has 0 spiro atoms. The Kier molecular flexibility index (Phi) is 7.47. The molecule has 1 aromatic heterocycles. The van der Waals surface area contributed by atoms with Crippen LogP contribution in [0.4, 0.5) is 0 Å². The van der Waals surface area contributed by atoms with Crippen molar-refractivity contribution in [3.05, 3.63) is 41.5 Å². The Morgan fingerprint density at radius 1 is 1.39 bits per heavy atom. The monoisotopic (exact) mass is 404 g/mol. The first-order valence-electron chi connectivity index (χ1n) is 9.64. The Labute approximate surface area is 170 Å². The number of morpholine rings is 1. The number of aromatic nitrogens is 2. The van der Waals surface area contributed by atoms with E-state index in [1.807, 2.05) is 24.3 Å². The molecule has 1 atom stereocenters. The van der Waals surface area contributed by atoms with Crippen molar-refractivity contribution in [1.29, 1.82) is 0 Å². The summed E-state index contributed by atoms with van der Waals surface area (Å²) in [4.78, 5) is 20.2. The van der Waals surface area contributed by atoms with E-state index in [0.717, 1.165) is 24.5 Å². The second-order valence-electron chi connectivity index (χ2n) is 7.38. The number of nitrogens with one attached hydrogen (secondary N) is 1. The van der Waals surface area contributed by atoms with Gasteiger partial charge in [0.2, 0.25) is 5.89 Å². The first kappa shape index (κ1) is 20.8. The van der Waals surface area contributed by atoms with Crippen molar-refractivity contribution in [3.63, 3.8) is 0 Å². The SMILES string of the molecule is Cc1noc(CSc2ccccc2C(=O)NCC2CN(CC(C)C)CCO2)n1. The van der Waals surface area contributed by atoms with Gasteiger partial charge in [-0.3, -0.25) is 9.69 Å². The van der Waals surface area contributed by atoms with Gasteiger partial charge in [0.1, 0.15) is 0 Å². The van der Waals surface area contributed by atoms with E-state index in [4.69, 9.17) is 9.26 Å². The highest BCUT2D eigenvalue weighted by molar-refractivity contribution is 7.98. The quantitative estimate of drug-likeness (QED) is 0.678. The van der Waals surface area contributed by atoms with Crippen LogP contribution in [0.25, 0.3) is 0 Å². The van der Waals surface area contributed by atoms with E-state index in [0.29, 0.717) is 42.1 Å². The fraction of sp³-hybridized carbons (Fsp3) is 0.550. The van der Waals surface area contributed by atoms with Crippen molar-refractivity contribution in [2.75, 3.05) is 32.8 Å². The number of benzene rings is 1. The van der Waals surface area contributed by atoms with E-state index in [-0.39, 0.29) is 12.0 Å². The zero-order chi connectivity index (χ0) is 19.9. The number of carbonyl (C=O) groups is 1. The summed E-state index contributed by atoms with van der Waals surface area (Å²) in [6, 6.07) is 7.57. The standard InChI is InChI=1S/C20H28N4O3S/c1-14(2)11-24-8-9-26-16(12-24)10-21-20(25)17-6-4-5-7-18(17)28-13-19-22-15(3)23-27-19/h4-7,14,16H,8-13H2,1-3H3,(H,21,25). The van der Waals surface area contributed by atoms with Crippen LogP contribution >= 0.6 is 11.8 Å². The van der Waals surface area contributed by atoms with Gasteiger partial charge < -0.3 is 14.6 Å². The van der Waals surface area contributed by atoms with Gasteiger partial charge in [-0.1, -0.05) is 31.1 Å². The van der Waals surface area contributed by atoms with Crippen LogP contribution in [0.5, 0.6) is 0 Å². The van der Waals surface area contributed by atoms with Gasteiger partial charge in [0, 0.05) is 31.1 Å². The molecule has 1 fully saturated rings. The smallest absolute Gasteiger partial charge is 0.252 e. The predicted molar refractivity (Wildman–Crippen MR) is 108 cm³/mol. The summed E-state index contributed by atoms with van der Waals surface area (Å²) >= 11 is 1.51. The summed E-state index contributed by atoms with van der Waals surface area (Å²) < 4.78 is 11.0. The van der Waals surface area contributed by atoms with Crippen LogP contribution in [0, 0.1) is 12.8 Å². The number of rotatable bonds is 8. The molecule has 1 amide bonds. The van der Waals surface area contributed by atoms with Crippen molar-refractivity contribution < 1.29 is 14.1 Å². The average Bonchev–Trinajstić information content (AvgIpc) is 3.10. The number of aryl methyl sites for hydroxylation is 1. The van der Waals surface area contributed by atoms with Gasteiger partial charge in [0.05, 0.1) is 24.0 Å². The van der Waals surface area contributed by atoms with Gasteiger partial charge in [-0.05, 0) is 25.0 Å². The summed E-state index contributed by atoms with van der Waals surface area (Å²) in [5.74, 6) is 2.23. The lowest BCUT2D eigenvalue weighted by Crippen LogP contribution is -2.48. The van der Waals surface area contributed by atoms with Crippen LogP contribution in [0.1, 0.15) is 35.9 Å². The van der Waals surface area contributed by atoms with Crippen molar-refractivity contribution in [3.8, 4) is 0 Å². The van der Waals surface area contributed by atoms with Crippen LogP contribution in [0.15, 0.2) is 33.7 Å². The zero-order valence-electron chi connectivity index (χ0n) is 16.7. The molecule has 1 aromatic carbocycles. The molecular weight excluding hydrogens is 376 g/mol. The van der Waals surface area contributed by atoms with Gasteiger partial charge in [0.15, 0.2) is 5.82 Å². The second-order valence-corrected chi connectivity index (χ2v) is 8.39. The molecule has 0 saturated carbocycles. The number of hydrogen-bond acceptors (Lipinski definition) is 7. The molecule has 8 heteroatoms. The largest absolute Gasteiger partial charge is 0.374 e. The molecule has 0 aliphatic carbocycles. The lowest BCUT2D eigenvalue weighted by molar-refractivity contribution is -0.0295. The van der Waals surface area contributed by atoms with Gasteiger partial charge >= 0.3 is 0 Å². The van der Waals surface area contributed by atoms with Crippen molar-refractivity contribution >= 4 is 17.7 Å². The lowest BCUT2D eigenvalue weighted by Gasteiger charge is -2.34. The Morgan fingerprint density at radius 3 is 2.96 bits per heavy atom. The molecule has 1 unspecified atom stereocenters. The minimum atomic E-state index is -0.0885. The summed E-state index contributed by atoms with van der Waals surface area (Å²) in [6.07, 6.45) is 0.0256. The highest BCUT2D eigenvalue weighted by atomic mass is 32.2. The third-order valence-electron chi connectivity index (χ3n) is 4.39. The Bertz CT molecular complexity index is 780. The van der Waals surface area contributed by atoms with Crippen molar-refractivity contribution in [1.82, 2.24) is 20.4 Å². The van der Waals surface area contributed by atoms with Gasteiger partial charge in [-0.2, -0.15) is 4.98 Å². The molecule has 0 bridgehead atoms. The number of carbonyl (C=O) groups excluding carboxylic acids is 1. The van der Waals surface area contributed by atoms with Gasteiger partial charge in [-0.15, -0.1) is 11.8 Å². The minimum Gasteiger partial charge on any atom is -0.374 e. The summed E-state index contributed by atoms with van der Waals surface area (Å²) in [5, 5.41) is 6.82. The highest BCUT2D eigenvalue weighted by Crippen LogP contribution is 2.25. The first-order chi connectivity index (χ1) is 13.5. The number of ether oxygens (including phenoxy) is 1. The van der Waals surface area contributed by atoms with E-state index in [1.165, 1.54) is 11.8 Å². The van der Waals surface area contributed by atoms with Crippen molar-refractivity contribution in [2.45, 2.75) is 37.5 Å². The second kappa shape index (κ2) is 10.0. The summed E-state index contributed by atoms with van der Waals surface area (Å²) in [5.41, 5.74) is 0.651. The van der Waals surface area contributed by atoms with Gasteiger partial charge in [0.25, 0.3) is 5.91 Å². The molecule has 28 heavy (non-hydrogen) atoms. The van der Waals surface area contributed by atoms with Gasteiger partial charge in [-0.25, -0.2) is 0 Å². The number of thioether (sulfide) groups is 1. The molecule has 3 rings (SSSR count). The normalized spacial score (nSPS) is 17.8. The fourth-order valence-corrected chi connectivity index (χ4v) is 4.09. The molecule has 2 aromatic rings. The zero-order valence-corrected chi connectivity index (χ0v) is 17.5. The Hall–Kier alpha value is -1.90. The maximum Gasteiger partial charge on any atom is 0.252 e. The Balaban J connectivity index is 1.54. The highest BCUT2D eigenvalue weighted by Gasteiger charge is 2.22. The van der Waals surface area contributed by atoms with Crippen LogP contribution in [0.3, 0.4) is 0 Å². The average molecular weight is 405 g/mol. The number of nitrogens with zero attached hydrogens (tertiary/aromatic N) is 3. The number of amides is 1. The van der Waals surface area contributed by atoms with E-state index >= 15 is 0 Å². The molecule has 7 nitrogen and oxygen atoms in total. The van der Waals surface area contributed by atoms with Crippen LogP contribution in [0.2, 0.25) is 0 Å². The third-order valence-corrected chi connectivity index (χ3v) is 5.45. The Morgan fingerprint density at radius 2 is 2.21 bits per heavy atom. The minimum absolute atomic E-state index is 0.0256. The van der Waals surface area contributed by atoms with E-state index in [2.05, 4.69) is 34.2 Å². The van der Waals surface area contributed by atoms with E-state index in [1.54, 1.807) is 6.92 Å². The first-order valence-corrected chi connectivity index (χ1v) is 10.6. The molecule has 0 radical (unpaired) electrons. The molecule has 1 aliphatic rings. The third kappa shape index (κ3) is 6.05. The molecular formula is C20H28N4O3S. The topological polar surface area (TPSA) is 80.5 Å². The van der Waals surface area contributed by atoms with E-state index in [9.17, 15) is 4.79 Å². The van der Waals surface area contributed by atoms with Crippen LogP contribution in [-0.4, -0.2) is 59.8 Å². The summed E-state index contributed by atoms with van der Waals surface area (Å²) in [7, 11) is 0. The molecule has 152 valence electrons. The lowest BCUT2D eigenvalue weighted by atomic mass is 10.1. The summed E-state index contributed by atoms with van der Waals surface area (Å²) in [6.45, 7) is 10.3. The molecule has 1 saturated heterocycles. The number of hydrogen-bond donors (Lipinski definition) is 1.